The van der Waals surface area contributed by atoms with Gasteiger partial charge in [-0.1, -0.05) is 0 Å². The van der Waals surface area contributed by atoms with Crippen molar-refractivity contribution in [3.8, 4) is 0 Å². The van der Waals surface area contributed by atoms with Gasteiger partial charge in [0.25, 0.3) is 0 Å². The number of nitrogens with one attached hydrogen (secondary N) is 2. The van der Waals surface area contributed by atoms with Crippen LogP contribution in [-0.2, 0) is 0 Å². The highest BCUT2D eigenvalue weighted by Gasteiger charge is 1.96. The second-order valence-electron chi connectivity index (χ2n) is 3.97. The SMILES string of the molecule is Cc1ccc(C=NNC(=O)N/N=C/c2ccc(C)s2)s1. The van der Waals surface area contributed by atoms with Gasteiger partial charge in [0.2, 0.25) is 0 Å². The Hall–Kier alpha value is -1.99. The van der Waals surface area contributed by atoms with Crippen molar-refractivity contribution in [1.29, 1.82) is 0 Å². The van der Waals surface area contributed by atoms with Crippen molar-refractivity contribution in [3.05, 3.63) is 43.8 Å². The lowest BCUT2D eigenvalue weighted by Gasteiger charge is -1.96. The quantitative estimate of drug-likeness (QED) is 0.661. The number of thiophene rings is 2. The Labute approximate surface area is 125 Å². The van der Waals surface area contributed by atoms with Crippen molar-refractivity contribution >= 4 is 41.1 Å². The third-order valence-electron chi connectivity index (χ3n) is 2.24. The maximum Gasteiger partial charge on any atom is 0.355 e. The Bertz CT molecular complexity index is 588. The molecule has 20 heavy (non-hydrogen) atoms. The predicted octanol–water partition coefficient (Wildman–Crippen LogP) is 3.09. The topological polar surface area (TPSA) is 65.8 Å². The fraction of sp³-hybridized carbons (Fsp3) is 0.154. The molecular formula is C13H14N4OS2. The number of hydrazone groups is 2. The Morgan fingerprint density at radius 3 is 1.75 bits per heavy atom. The molecule has 0 spiro atoms. The number of nitrogens with zero attached hydrogens (tertiary/aromatic N) is 2. The minimum Gasteiger partial charge on any atom is -0.245 e. The summed E-state index contributed by atoms with van der Waals surface area (Å²) >= 11 is 3.22. The molecule has 0 saturated carbocycles. The fourth-order valence-corrected chi connectivity index (χ4v) is 2.88. The molecule has 0 aliphatic heterocycles. The minimum atomic E-state index is -0.473. The molecule has 0 atom stereocenters. The summed E-state index contributed by atoms with van der Waals surface area (Å²) in [6, 6.07) is 7.42. The summed E-state index contributed by atoms with van der Waals surface area (Å²) in [4.78, 5) is 15.8. The Morgan fingerprint density at radius 1 is 0.950 bits per heavy atom. The van der Waals surface area contributed by atoms with Crippen LogP contribution in [0.25, 0.3) is 0 Å². The number of carbonyl (C=O) groups excluding carboxylic acids is 1. The van der Waals surface area contributed by atoms with Crippen LogP contribution in [0, 0.1) is 13.8 Å². The average molecular weight is 306 g/mol. The van der Waals surface area contributed by atoms with Gasteiger partial charge >= 0.3 is 6.03 Å². The first-order valence-electron chi connectivity index (χ1n) is 5.88. The molecular weight excluding hydrogens is 292 g/mol. The maximum absolute atomic E-state index is 11.4. The highest BCUT2D eigenvalue weighted by molar-refractivity contribution is 7.13. The molecule has 0 saturated heterocycles. The number of aryl methyl sites for hydroxylation is 2. The number of amides is 2. The van der Waals surface area contributed by atoms with Crippen LogP contribution in [0.1, 0.15) is 19.5 Å². The van der Waals surface area contributed by atoms with Crippen LogP contribution in [0.4, 0.5) is 4.79 Å². The molecule has 0 radical (unpaired) electrons. The molecule has 2 N–H and O–H groups in total. The zero-order chi connectivity index (χ0) is 14.4. The standard InChI is InChI=1S/C13H14N4OS2/c1-9-3-5-11(19-9)7-14-16-13(18)17-15-8-12-6-4-10(2)20-12/h3-8H,1-2H3,(H2,16,17,18)/b14-7+,15-8?. The number of carbonyl (C=O) groups is 1. The molecule has 0 aliphatic rings. The Balaban J connectivity index is 1.75. The van der Waals surface area contributed by atoms with E-state index >= 15 is 0 Å². The molecule has 2 aromatic heterocycles. The van der Waals surface area contributed by atoms with E-state index in [1.165, 1.54) is 9.75 Å². The normalized spacial score (nSPS) is 11.3. The number of urea groups is 1. The smallest absolute Gasteiger partial charge is 0.245 e. The first-order valence-corrected chi connectivity index (χ1v) is 7.52. The molecule has 2 rings (SSSR count). The molecule has 0 unspecified atom stereocenters. The van der Waals surface area contributed by atoms with Gasteiger partial charge in [0.15, 0.2) is 0 Å². The number of rotatable bonds is 4. The Kier molecular flexibility index (Phi) is 5.03. The van der Waals surface area contributed by atoms with Crippen molar-refractivity contribution < 1.29 is 4.79 Å². The summed E-state index contributed by atoms with van der Waals surface area (Å²) < 4.78 is 0. The van der Waals surface area contributed by atoms with Gasteiger partial charge in [0, 0.05) is 19.5 Å². The zero-order valence-electron chi connectivity index (χ0n) is 11.1. The van der Waals surface area contributed by atoms with Crippen LogP contribution in [0.2, 0.25) is 0 Å². The maximum atomic E-state index is 11.4. The van der Waals surface area contributed by atoms with E-state index in [0.717, 1.165) is 9.75 Å². The number of hydrogen-bond donors (Lipinski definition) is 2. The molecule has 0 fully saturated rings. The first kappa shape index (κ1) is 14.4. The van der Waals surface area contributed by atoms with E-state index in [1.807, 2.05) is 38.1 Å². The lowest BCUT2D eigenvalue weighted by Crippen LogP contribution is -2.28. The second-order valence-corrected chi connectivity index (χ2v) is 6.60. The van der Waals surface area contributed by atoms with E-state index in [0.29, 0.717) is 0 Å². The molecule has 0 aromatic carbocycles. The van der Waals surface area contributed by atoms with Gasteiger partial charge in [-0.25, -0.2) is 15.6 Å². The summed E-state index contributed by atoms with van der Waals surface area (Å²) in [7, 11) is 0. The molecule has 104 valence electrons. The van der Waals surface area contributed by atoms with Crippen molar-refractivity contribution in [2.75, 3.05) is 0 Å². The van der Waals surface area contributed by atoms with Gasteiger partial charge in [0.05, 0.1) is 12.4 Å². The van der Waals surface area contributed by atoms with Gasteiger partial charge in [0.1, 0.15) is 0 Å². The summed E-state index contributed by atoms with van der Waals surface area (Å²) in [6.07, 6.45) is 3.20. The molecule has 2 amide bonds. The monoisotopic (exact) mass is 306 g/mol. The van der Waals surface area contributed by atoms with E-state index in [-0.39, 0.29) is 0 Å². The predicted molar refractivity (Wildman–Crippen MR) is 85.0 cm³/mol. The van der Waals surface area contributed by atoms with Crippen LogP contribution in [-0.4, -0.2) is 18.5 Å². The largest absolute Gasteiger partial charge is 0.355 e. The summed E-state index contributed by atoms with van der Waals surface area (Å²) in [5.41, 5.74) is 4.70. The van der Waals surface area contributed by atoms with E-state index in [9.17, 15) is 4.79 Å². The highest BCUT2D eigenvalue weighted by atomic mass is 32.1. The summed E-state index contributed by atoms with van der Waals surface area (Å²) in [6.45, 7) is 4.03. The third-order valence-corrected chi connectivity index (χ3v) is 4.11. The second kappa shape index (κ2) is 6.97. The van der Waals surface area contributed by atoms with E-state index in [2.05, 4.69) is 21.1 Å². The molecule has 2 aromatic rings. The first-order chi connectivity index (χ1) is 9.63. The Morgan fingerprint density at radius 2 is 1.40 bits per heavy atom. The molecule has 0 bridgehead atoms. The van der Waals surface area contributed by atoms with Gasteiger partial charge in [-0.2, -0.15) is 10.2 Å². The molecule has 5 nitrogen and oxygen atoms in total. The van der Waals surface area contributed by atoms with Crippen LogP contribution >= 0.6 is 22.7 Å². The van der Waals surface area contributed by atoms with E-state index in [4.69, 9.17) is 0 Å². The molecule has 7 heteroatoms. The van der Waals surface area contributed by atoms with Crippen molar-refractivity contribution in [2.24, 2.45) is 10.2 Å². The van der Waals surface area contributed by atoms with Crippen molar-refractivity contribution in [3.63, 3.8) is 0 Å². The fourth-order valence-electron chi connectivity index (χ4n) is 1.38. The van der Waals surface area contributed by atoms with Crippen molar-refractivity contribution in [2.45, 2.75) is 13.8 Å². The highest BCUT2D eigenvalue weighted by Crippen LogP contribution is 2.12. The zero-order valence-corrected chi connectivity index (χ0v) is 12.7. The average Bonchev–Trinajstić information content (AvgIpc) is 2.99. The molecule has 0 aliphatic carbocycles. The van der Waals surface area contributed by atoms with E-state index in [1.54, 1.807) is 35.1 Å². The third kappa shape index (κ3) is 4.60. The lowest BCUT2D eigenvalue weighted by molar-refractivity contribution is 0.242. The minimum absolute atomic E-state index is 0.473. The number of hydrogen-bond acceptors (Lipinski definition) is 5. The van der Waals surface area contributed by atoms with Gasteiger partial charge < -0.3 is 0 Å². The summed E-state index contributed by atoms with van der Waals surface area (Å²) in [5, 5.41) is 7.67. The van der Waals surface area contributed by atoms with Crippen LogP contribution in [0.3, 0.4) is 0 Å². The van der Waals surface area contributed by atoms with Gasteiger partial charge in [-0.3, -0.25) is 0 Å². The molecule has 2 heterocycles. The van der Waals surface area contributed by atoms with Crippen LogP contribution in [0.5, 0.6) is 0 Å². The van der Waals surface area contributed by atoms with Gasteiger partial charge in [-0.05, 0) is 38.1 Å². The van der Waals surface area contributed by atoms with Gasteiger partial charge in [-0.15, -0.1) is 22.7 Å². The van der Waals surface area contributed by atoms with Crippen LogP contribution in [0.15, 0.2) is 34.5 Å². The lowest BCUT2D eigenvalue weighted by atomic mass is 10.4. The van der Waals surface area contributed by atoms with Crippen molar-refractivity contribution in [1.82, 2.24) is 10.9 Å². The summed E-state index contributed by atoms with van der Waals surface area (Å²) in [5.74, 6) is 0. The van der Waals surface area contributed by atoms with Crippen LogP contribution < -0.4 is 10.9 Å². The van der Waals surface area contributed by atoms with E-state index < -0.39 is 6.03 Å².